The number of carbonyl (C=O) groups excluding carboxylic acids is 3. The number of methoxy groups -OCH3 is 2. The molecule has 0 unspecified atom stereocenters. The number of aromatic nitrogens is 1. The van der Waals surface area contributed by atoms with E-state index < -0.39 is 23.8 Å². The van der Waals surface area contributed by atoms with Gasteiger partial charge in [-0.15, -0.1) is 0 Å². The van der Waals surface area contributed by atoms with Crippen molar-refractivity contribution in [1.29, 1.82) is 0 Å². The van der Waals surface area contributed by atoms with E-state index in [9.17, 15) is 14.4 Å². The lowest BCUT2D eigenvalue weighted by molar-refractivity contribution is -0.123. The minimum Gasteiger partial charge on any atom is -0.464 e. The maximum atomic E-state index is 12.4. The minimum atomic E-state index is -0.639. The van der Waals surface area contributed by atoms with Crippen LogP contribution in [0.1, 0.15) is 50.5 Å². The number of Topliss-reactive ketones (excluding diaryl/α,β-unsaturated/α-hetero) is 1. The van der Waals surface area contributed by atoms with Crippen molar-refractivity contribution in [2.75, 3.05) is 27.6 Å². The van der Waals surface area contributed by atoms with Crippen LogP contribution in [0.2, 0.25) is 0 Å². The van der Waals surface area contributed by atoms with Gasteiger partial charge in [-0.25, -0.2) is 14.6 Å². The van der Waals surface area contributed by atoms with E-state index in [0.717, 1.165) is 11.8 Å². The maximum Gasteiger partial charge on any atom is 0.407 e. The van der Waals surface area contributed by atoms with Gasteiger partial charge in [0.25, 0.3) is 0 Å². The Morgan fingerprint density at radius 2 is 1.97 bits per heavy atom. The zero-order chi connectivity index (χ0) is 24.1. The highest BCUT2D eigenvalue weighted by atomic mass is 16.7. The van der Waals surface area contributed by atoms with Gasteiger partial charge in [-0.2, -0.15) is 0 Å². The first-order valence-corrected chi connectivity index (χ1v) is 10.0. The largest absolute Gasteiger partial charge is 0.464 e. The van der Waals surface area contributed by atoms with Crippen LogP contribution < -0.4 is 5.32 Å². The highest BCUT2D eigenvalue weighted by Crippen LogP contribution is 2.11. The van der Waals surface area contributed by atoms with Crippen molar-refractivity contribution in [2.24, 2.45) is 0 Å². The molecule has 0 saturated heterocycles. The van der Waals surface area contributed by atoms with Gasteiger partial charge in [-0.05, 0) is 27.7 Å². The number of hydrogen-bond donors (Lipinski definition) is 1. The number of alkyl carbamates (subject to hydrolysis) is 1. The van der Waals surface area contributed by atoms with E-state index in [0.29, 0.717) is 0 Å². The third kappa shape index (κ3) is 11.4. The number of esters is 1. The minimum absolute atomic E-state index is 0.00310. The first-order valence-electron chi connectivity index (χ1n) is 10.0. The molecule has 0 aliphatic rings. The Balaban J connectivity index is 2.63. The molecule has 1 N–H and O–H groups in total. The summed E-state index contributed by atoms with van der Waals surface area (Å²) in [6, 6.07) is 0. The summed E-state index contributed by atoms with van der Waals surface area (Å²) in [5.41, 5.74) is 0.269. The predicted octanol–water partition coefficient (Wildman–Crippen LogP) is 2.98. The number of ketones is 1. The number of allylic oxidation sites excluding steroid dienone is 2. The van der Waals surface area contributed by atoms with Gasteiger partial charge in [0, 0.05) is 20.1 Å². The van der Waals surface area contributed by atoms with Crippen molar-refractivity contribution in [1.82, 2.24) is 10.3 Å². The molecule has 1 rings (SSSR count). The van der Waals surface area contributed by atoms with Gasteiger partial charge in [0.1, 0.15) is 24.4 Å². The lowest BCUT2D eigenvalue weighted by atomic mass is 10.1. The van der Waals surface area contributed by atoms with Crippen molar-refractivity contribution in [2.45, 2.75) is 52.2 Å². The highest BCUT2D eigenvalue weighted by Gasteiger charge is 2.18. The number of amides is 1. The summed E-state index contributed by atoms with van der Waals surface area (Å²) >= 11 is 0. The molecule has 10 heteroatoms. The average molecular weight is 453 g/mol. The summed E-state index contributed by atoms with van der Waals surface area (Å²) < 4.78 is 25.4. The van der Waals surface area contributed by atoms with E-state index in [4.69, 9.17) is 18.6 Å². The molecule has 1 aromatic heterocycles. The molecular formula is C22H32N2O8. The van der Waals surface area contributed by atoms with Crippen molar-refractivity contribution in [3.8, 4) is 0 Å². The van der Waals surface area contributed by atoms with E-state index in [2.05, 4.69) is 15.0 Å². The topological polar surface area (TPSA) is 126 Å². The standard InChI is InChI=1S/C22H32N2O8/c1-15(8-7-9-23-21(27)32-22(2,3)4)10-17(31-14-28-5)11-16(25)12-19-24-18(13-30-19)20(26)29-6/h7-8,10,13,17H,9,11-12,14H2,1-6H3,(H,23,27)/b8-7+,15-10+/t17-/m1/s1. The lowest BCUT2D eigenvalue weighted by Crippen LogP contribution is -2.32. The Morgan fingerprint density at radius 3 is 2.59 bits per heavy atom. The Labute approximate surface area is 187 Å². The molecule has 0 bridgehead atoms. The molecule has 1 amide bonds. The normalized spacial score (nSPS) is 13.1. The highest BCUT2D eigenvalue weighted by molar-refractivity contribution is 5.87. The fourth-order valence-electron chi connectivity index (χ4n) is 2.43. The van der Waals surface area contributed by atoms with Crippen LogP contribution in [-0.2, 0) is 30.2 Å². The Hall–Kier alpha value is -2.98. The van der Waals surface area contributed by atoms with Crippen LogP contribution in [0.3, 0.4) is 0 Å². The van der Waals surface area contributed by atoms with Gasteiger partial charge in [-0.1, -0.05) is 23.8 Å². The van der Waals surface area contributed by atoms with Crippen LogP contribution in [-0.4, -0.2) is 62.1 Å². The molecule has 178 valence electrons. The summed E-state index contributed by atoms with van der Waals surface area (Å²) in [6.45, 7) is 7.51. The monoisotopic (exact) mass is 452 g/mol. The van der Waals surface area contributed by atoms with Crippen molar-refractivity contribution >= 4 is 17.8 Å². The van der Waals surface area contributed by atoms with Gasteiger partial charge in [0.15, 0.2) is 5.69 Å². The number of nitrogens with one attached hydrogen (secondary N) is 1. The molecule has 0 aromatic carbocycles. The molecule has 0 aliphatic carbocycles. The first-order chi connectivity index (χ1) is 15.0. The van der Waals surface area contributed by atoms with Crippen LogP contribution in [0, 0.1) is 0 Å². The fourth-order valence-corrected chi connectivity index (χ4v) is 2.43. The zero-order valence-corrected chi connectivity index (χ0v) is 19.4. The fraction of sp³-hybridized carbons (Fsp3) is 0.545. The molecule has 1 aromatic rings. The number of oxazole rings is 1. The van der Waals surface area contributed by atoms with Crippen LogP contribution >= 0.6 is 0 Å². The Bertz CT molecular complexity index is 820. The number of nitrogens with zero attached hydrogens (tertiary/aromatic N) is 1. The molecule has 1 atom stereocenters. The van der Waals surface area contributed by atoms with Crippen molar-refractivity contribution in [3.63, 3.8) is 0 Å². The molecule has 10 nitrogen and oxygen atoms in total. The van der Waals surface area contributed by atoms with E-state index in [-0.39, 0.29) is 43.5 Å². The molecule has 0 radical (unpaired) electrons. The quantitative estimate of drug-likeness (QED) is 0.289. The molecule has 32 heavy (non-hydrogen) atoms. The zero-order valence-electron chi connectivity index (χ0n) is 19.4. The second kappa shape index (κ2) is 13.4. The summed E-state index contributed by atoms with van der Waals surface area (Å²) in [5.74, 6) is -0.709. The van der Waals surface area contributed by atoms with E-state index >= 15 is 0 Å². The van der Waals surface area contributed by atoms with Gasteiger partial charge < -0.3 is 28.7 Å². The predicted molar refractivity (Wildman–Crippen MR) is 115 cm³/mol. The SMILES string of the molecule is COCO[C@H](/C=C(C)/C=C/CNC(=O)OC(C)(C)C)CC(=O)Cc1nc(C(=O)OC)co1. The molecule has 1 heterocycles. The van der Waals surface area contributed by atoms with E-state index in [1.165, 1.54) is 14.2 Å². The summed E-state index contributed by atoms with van der Waals surface area (Å²) in [7, 11) is 2.72. The molecule has 0 saturated carbocycles. The second-order valence-corrected chi connectivity index (χ2v) is 7.85. The van der Waals surface area contributed by atoms with Crippen LogP contribution in [0.15, 0.2) is 34.5 Å². The smallest absolute Gasteiger partial charge is 0.407 e. The first kappa shape index (κ1) is 27.1. The van der Waals surface area contributed by atoms with E-state index in [1.807, 2.05) is 6.92 Å². The summed E-state index contributed by atoms with van der Waals surface area (Å²) in [4.78, 5) is 39.4. The van der Waals surface area contributed by atoms with E-state index in [1.54, 1.807) is 39.0 Å². The van der Waals surface area contributed by atoms with Crippen molar-refractivity contribution < 1.29 is 37.7 Å². The number of carbonyl (C=O) groups is 3. The Morgan fingerprint density at radius 1 is 1.25 bits per heavy atom. The number of ether oxygens (including phenoxy) is 4. The third-order valence-corrected chi connectivity index (χ3v) is 3.72. The van der Waals surface area contributed by atoms with Crippen LogP contribution in [0.25, 0.3) is 0 Å². The van der Waals surface area contributed by atoms with Gasteiger partial charge in [-0.3, -0.25) is 4.79 Å². The number of hydrogen-bond acceptors (Lipinski definition) is 9. The summed E-state index contributed by atoms with van der Waals surface area (Å²) in [6.07, 6.45) is 5.39. The van der Waals surface area contributed by atoms with Gasteiger partial charge in [0.2, 0.25) is 5.89 Å². The lowest BCUT2D eigenvalue weighted by Gasteiger charge is -2.19. The van der Waals surface area contributed by atoms with Gasteiger partial charge in [0.05, 0.1) is 19.6 Å². The van der Waals surface area contributed by atoms with Gasteiger partial charge >= 0.3 is 12.1 Å². The van der Waals surface area contributed by atoms with Crippen molar-refractivity contribution in [3.05, 3.63) is 41.6 Å². The summed E-state index contributed by atoms with van der Waals surface area (Å²) in [5, 5.41) is 2.62. The third-order valence-electron chi connectivity index (χ3n) is 3.72. The molecule has 0 aliphatic heterocycles. The van der Waals surface area contributed by atoms with Crippen LogP contribution in [0.5, 0.6) is 0 Å². The molecule has 0 spiro atoms. The molecular weight excluding hydrogens is 420 g/mol. The maximum absolute atomic E-state index is 12.4. The van der Waals surface area contributed by atoms with Crippen LogP contribution in [0.4, 0.5) is 4.79 Å². The molecule has 0 fully saturated rings. The average Bonchev–Trinajstić information content (AvgIpc) is 3.15. The second-order valence-electron chi connectivity index (χ2n) is 7.85. The number of rotatable bonds is 12. The Kier molecular flexibility index (Phi) is 11.4.